The van der Waals surface area contributed by atoms with Gasteiger partial charge in [0.1, 0.15) is 5.82 Å². The summed E-state index contributed by atoms with van der Waals surface area (Å²) >= 11 is 1.61. The molecule has 1 atom stereocenters. The van der Waals surface area contributed by atoms with Crippen molar-refractivity contribution in [1.82, 2.24) is 24.3 Å². The first kappa shape index (κ1) is 16.1. The van der Waals surface area contributed by atoms with Crippen LogP contribution in [0.2, 0.25) is 0 Å². The summed E-state index contributed by atoms with van der Waals surface area (Å²) in [5.74, 6) is 1.58. The average Bonchev–Trinajstić information content (AvgIpc) is 3.19. The maximum Gasteiger partial charge on any atom is 0.236 e. The quantitative estimate of drug-likeness (QED) is 0.835. The minimum Gasteiger partial charge on any atom is -0.341 e. The van der Waals surface area contributed by atoms with Crippen molar-refractivity contribution in [3.63, 3.8) is 0 Å². The number of hydrogen-bond acceptors (Lipinski definition) is 5. The number of piperidine rings is 1. The molecule has 2 aromatic rings. The SMILES string of the molecule is CN(C)CC(=O)N1CCC[C@H](c2nccn2Cc2cscn2)C1. The summed E-state index contributed by atoms with van der Waals surface area (Å²) in [5.41, 5.74) is 2.92. The first-order valence-corrected chi connectivity index (χ1v) is 8.88. The number of rotatable bonds is 5. The summed E-state index contributed by atoms with van der Waals surface area (Å²) in [4.78, 5) is 25.1. The number of amides is 1. The van der Waals surface area contributed by atoms with E-state index in [9.17, 15) is 4.79 Å². The van der Waals surface area contributed by atoms with E-state index in [1.165, 1.54) is 0 Å². The van der Waals surface area contributed by atoms with Crippen LogP contribution in [0.3, 0.4) is 0 Å². The van der Waals surface area contributed by atoms with Crippen LogP contribution in [0.15, 0.2) is 23.3 Å². The Morgan fingerprint density at radius 1 is 1.43 bits per heavy atom. The Bertz CT molecular complexity index is 637. The van der Waals surface area contributed by atoms with Crippen LogP contribution in [0, 0.1) is 0 Å². The fraction of sp³-hybridized carbons (Fsp3) is 0.562. The van der Waals surface area contributed by atoms with Gasteiger partial charge in [-0.05, 0) is 26.9 Å². The van der Waals surface area contributed by atoms with Crippen LogP contribution < -0.4 is 0 Å². The maximum absolute atomic E-state index is 12.3. The van der Waals surface area contributed by atoms with Gasteiger partial charge in [-0.1, -0.05) is 0 Å². The molecule has 0 aromatic carbocycles. The van der Waals surface area contributed by atoms with E-state index in [-0.39, 0.29) is 5.91 Å². The molecule has 0 N–H and O–H groups in total. The van der Waals surface area contributed by atoms with Gasteiger partial charge in [0, 0.05) is 36.8 Å². The number of aromatic nitrogens is 3. The van der Waals surface area contributed by atoms with Crippen molar-refractivity contribution in [2.24, 2.45) is 0 Å². The minimum absolute atomic E-state index is 0.206. The Balaban J connectivity index is 1.69. The van der Waals surface area contributed by atoms with Gasteiger partial charge in [-0.15, -0.1) is 11.3 Å². The zero-order chi connectivity index (χ0) is 16.2. The fourth-order valence-corrected chi connectivity index (χ4v) is 3.64. The number of carbonyl (C=O) groups excluding carboxylic acids is 1. The molecule has 0 spiro atoms. The Kier molecular flexibility index (Phi) is 5.07. The van der Waals surface area contributed by atoms with Crippen LogP contribution in [-0.2, 0) is 11.3 Å². The van der Waals surface area contributed by atoms with Gasteiger partial charge in [-0.25, -0.2) is 9.97 Å². The predicted octanol–water partition coefficient (Wildman–Crippen LogP) is 1.66. The standard InChI is InChI=1S/C16H23N5OS/c1-19(2)10-15(22)20-6-3-4-13(8-20)16-17-5-7-21(16)9-14-11-23-12-18-14/h5,7,11-13H,3-4,6,8-10H2,1-2H3/t13-/m0/s1. The number of hydrogen-bond donors (Lipinski definition) is 0. The third kappa shape index (κ3) is 3.97. The summed E-state index contributed by atoms with van der Waals surface area (Å²) in [6.07, 6.45) is 5.98. The van der Waals surface area contributed by atoms with Crippen LogP contribution in [-0.4, -0.2) is 64.0 Å². The van der Waals surface area contributed by atoms with Crippen molar-refractivity contribution in [3.8, 4) is 0 Å². The van der Waals surface area contributed by atoms with Crippen LogP contribution in [0.5, 0.6) is 0 Å². The van der Waals surface area contributed by atoms with Crippen LogP contribution >= 0.6 is 11.3 Å². The topological polar surface area (TPSA) is 54.3 Å². The molecule has 0 bridgehead atoms. The predicted molar refractivity (Wildman–Crippen MR) is 90.6 cm³/mol. The molecule has 2 aromatic heterocycles. The van der Waals surface area contributed by atoms with Crippen molar-refractivity contribution in [2.75, 3.05) is 33.7 Å². The van der Waals surface area contributed by atoms with Crippen molar-refractivity contribution < 1.29 is 4.79 Å². The minimum atomic E-state index is 0.206. The molecule has 0 aliphatic carbocycles. The van der Waals surface area contributed by atoms with E-state index in [0.29, 0.717) is 12.5 Å². The molecule has 23 heavy (non-hydrogen) atoms. The highest BCUT2D eigenvalue weighted by atomic mass is 32.1. The molecule has 1 saturated heterocycles. The summed E-state index contributed by atoms with van der Waals surface area (Å²) in [7, 11) is 3.86. The van der Waals surface area contributed by atoms with Gasteiger partial charge in [0.05, 0.1) is 24.3 Å². The fourth-order valence-electron chi connectivity index (χ4n) is 3.09. The molecule has 1 aliphatic rings. The number of likely N-dealkylation sites (N-methyl/N-ethyl adjacent to an activating group) is 1. The molecule has 0 unspecified atom stereocenters. The Morgan fingerprint density at radius 3 is 3.04 bits per heavy atom. The van der Waals surface area contributed by atoms with E-state index < -0.39 is 0 Å². The normalized spacial score (nSPS) is 18.6. The maximum atomic E-state index is 12.3. The number of thiazole rings is 1. The summed E-state index contributed by atoms with van der Waals surface area (Å²) in [6, 6.07) is 0. The lowest BCUT2D eigenvalue weighted by Gasteiger charge is -2.33. The molecule has 124 valence electrons. The first-order chi connectivity index (χ1) is 11.1. The molecule has 0 radical (unpaired) electrons. The van der Waals surface area contributed by atoms with Gasteiger partial charge in [0.15, 0.2) is 0 Å². The van der Waals surface area contributed by atoms with Crippen molar-refractivity contribution in [3.05, 3.63) is 34.8 Å². The lowest BCUT2D eigenvalue weighted by Crippen LogP contribution is -2.43. The lowest BCUT2D eigenvalue weighted by atomic mass is 9.97. The van der Waals surface area contributed by atoms with Gasteiger partial charge in [0.2, 0.25) is 5.91 Å². The summed E-state index contributed by atoms with van der Waals surface area (Å²) in [5, 5.41) is 2.07. The third-order valence-electron chi connectivity index (χ3n) is 4.15. The molecule has 0 saturated carbocycles. The first-order valence-electron chi connectivity index (χ1n) is 7.94. The highest BCUT2D eigenvalue weighted by Crippen LogP contribution is 2.26. The zero-order valence-electron chi connectivity index (χ0n) is 13.7. The van der Waals surface area contributed by atoms with Crippen LogP contribution in [0.1, 0.15) is 30.3 Å². The number of imidazole rings is 1. The highest BCUT2D eigenvalue weighted by Gasteiger charge is 2.27. The Labute approximate surface area is 140 Å². The molecule has 6 nitrogen and oxygen atoms in total. The van der Waals surface area contributed by atoms with Gasteiger partial charge in [-0.3, -0.25) is 4.79 Å². The van der Waals surface area contributed by atoms with E-state index in [0.717, 1.165) is 44.0 Å². The second-order valence-corrected chi connectivity index (χ2v) is 7.03. The largest absolute Gasteiger partial charge is 0.341 e. The van der Waals surface area contributed by atoms with Gasteiger partial charge < -0.3 is 14.4 Å². The smallest absolute Gasteiger partial charge is 0.236 e. The molecule has 3 rings (SSSR count). The van der Waals surface area contributed by atoms with Gasteiger partial charge in [0.25, 0.3) is 0 Å². The summed E-state index contributed by atoms with van der Waals surface area (Å²) in [6.45, 7) is 2.84. The van der Waals surface area contributed by atoms with E-state index in [1.54, 1.807) is 11.3 Å². The Morgan fingerprint density at radius 2 is 2.30 bits per heavy atom. The second kappa shape index (κ2) is 7.23. The third-order valence-corrected chi connectivity index (χ3v) is 4.79. The monoisotopic (exact) mass is 333 g/mol. The zero-order valence-corrected chi connectivity index (χ0v) is 14.5. The van der Waals surface area contributed by atoms with Gasteiger partial charge in [-0.2, -0.15) is 0 Å². The van der Waals surface area contributed by atoms with E-state index >= 15 is 0 Å². The number of nitrogens with zero attached hydrogens (tertiary/aromatic N) is 5. The molecule has 1 fully saturated rings. The number of likely N-dealkylation sites (tertiary alicyclic amines) is 1. The van der Waals surface area contributed by atoms with E-state index in [1.807, 2.05) is 41.8 Å². The van der Waals surface area contributed by atoms with Crippen molar-refractivity contribution in [1.29, 1.82) is 0 Å². The molecular weight excluding hydrogens is 310 g/mol. The van der Waals surface area contributed by atoms with E-state index in [2.05, 4.69) is 19.9 Å². The van der Waals surface area contributed by atoms with Crippen molar-refractivity contribution in [2.45, 2.75) is 25.3 Å². The summed E-state index contributed by atoms with van der Waals surface area (Å²) < 4.78 is 2.17. The molecular formula is C16H23N5OS. The number of carbonyl (C=O) groups is 1. The Hall–Kier alpha value is -1.73. The van der Waals surface area contributed by atoms with E-state index in [4.69, 9.17) is 0 Å². The average molecular weight is 333 g/mol. The van der Waals surface area contributed by atoms with Crippen molar-refractivity contribution >= 4 is 17.2 Å². The molecule has 1 amide bonds. The molecule has 3 heterocycles. The van der Waals surface area contributed by atoms with Gasteiger partial charge >= 0.3 is 0 Å². The van der Waals surface area contributed by atoms with Crippen LogP contribution in [0.4, 0.5) is 0 Å². The van der Waals surface area contributed by atoms with Crippen LogP contribution in [0.25, 0.3) is 0 Å². The highest BCUT2D eigenvalue weighted by molar-refractivity contribution is 7.07. The second-order valence-electron chi connectivity index (χ2n) is 6.31. The molecule has 7 heteroatoms. The lowest BCUT2D eigenvalue weighted by molar-refractivity contribution is -0.133. The molecule has 1 aliphatic heterocycles.